The summed E-state index contributed by atoms with van der Waals surface area (Å²) < 4.78 is 40.6. The molecule has 4 nitrogen and oxygen atoms in total. The second-order valence-corrected chi connectivity index (χ2v) is 6.37. The van der Waals surface area contributed by atoms with Crippen molar-refractivity contribution in [1.29, 1.82) is 0 Å². The Morgan fingerprint density at radius 3 is 2.67 bits per heavy atom. The Morgan fingerprint density at radius 1 is 1.33 bits per heavy atom. The molecule has 0 radical (unpaired) electrons. The van der Waals surface area contributed by atoms with Gasteiger partial charge in [0.15, 0.2) is 0 Å². The molecule has 1 aliphatic carbocycles. The molecule has 0 aromatic rings. The van der Waals surface area contributed by atoms with Crippen LogP contribution in [0.2, 0.25) is 0 Å². The lowest BCUT2D eigenvalue weighted by atomic mass is 9.93. The SMILES string of the molecule is CCCC1CCN(C(=O)NC2C=CC(OC(F)(F)F)=CCC2)CC1. The molecule has 1 fully saturated rings. The van der Waals surface area contributed by atoms with Gasteiger partial charge in [0, 0.05) is 19.1 Å². The summed E-state index contributed by atoms with van der Waals surface area (Å²) in [6.45, 7) is 3.66. The second-order valence-electron chi connectivity index (χ2n) is 6.37. The number of urea groups is 1. The molecule has 1 unspecified atom stereocenters. The molecule has 24 heavy (non-hydrogen) atoms. The number of nitrogens with one attached hydrogen (secondary N) is 1. The summed E-state index contributed by atoms with van der Waals surface area (Å²) in [5.41, 5.74) is 0. The quantitative estimate of drug-likeness (QED) is 0.822. The van der Waals surface area contributed by atoms with Crippen molar-refractivity contribution in [2.75, 3.05) is 13.1 Å². The number of hydrogen-bond acceptors (Lipinski definition) is 2. The van der Waals surface area contributed by atoms with Gasteiger partial charge in [0.2, 0.25) is 0 Å². The van der Waals surface area contributed by atoms with Crippen molar-refractivity contribution in [1.82, 2.24) is 10.2 Å². The second kappa shape index (κ2) is 8.44. The number of nitrogens with zero attached hydrogens (tertiary/aromatic N) is 1. The molecule has 2 aliphatic rings. The van der Waals surface area contributed by atoms with E-state index in [1.165, 1.54) is 25.0 Å². The topological polar surface area (TPSA) is 41.6 Å². The summed E-state index contributed by atoms with van der Waals surface area (Å²) in [6, 6.07) is -0.420. The molecule has 0 aromatic carbocycles. The third-order valence-electron chi connectivity index (χ3n) is 4.46. The van der Waals surface area contributed by atoms with E-state index < -0.39 is 6.36 Å². The van der Waals surface area contributed by atoms with Crippen LogP contribution in [0.3, 0.4) is 0 Å². The molecule has 1 saturated heterocycles. The van der Waals surface area contributed by atoms with Crippen LogP contribution in [0, 0.1) is 5.92 Å². The van der Waals surface area contributed by atoms with Crippen molar-refractivity contribution >= 4 is 6.03 Å². The monoisotopic (exact) mass is 346 g/mol. The highest BCUT2D eigenvalue weighted by molar-refractivity contribution is 5.74. The van der Waals surface area contributed by atoms with Gasteiger partial charge < -0.3 is 15.0 Å². The highest BCUT2D eigenvalue weighted by Gasteiger charge is 2.32. The van der Waals surface area contributed by atoms with E-state index in [-0.39, 0.29) is 17.8 Å². The van der Waals surface area contributed by atoms with Crippen LogP contribution in [0.15, 0.2) is 24.0 Å². The first-order valence-electron chi connectivity index (χ1n) is 8.57. The van der Waals surface area contributed by atoms with Crippen LogP contribution < -0.4 is 5.32 Å². The summed E-state index contributed by atoms with van der Waals surface area (Å²) in [7, 11) is 0. The highest BCUT2D eigenvalue weighted by Crippen LogP contribution is 2.24. The third kappa shape index (κ3) is 6.09. The fourth-order valence-electron chi connectivity index (χ4n) is 3.19. The Bertz CT molecular complexity index is 481. The Hall–Kier alpha value is -1.66. The summed E-state index contributed by atoms with van der Waals surface area (Å²) in [6.07, 6.45) is 4.92. The minimum absolute atomic E-state index is 0.139. The van der Waals surface area contributed by atoms with Crippen LogP contribution in [0.1, 0.15) is 45.4 Å². The minimum Gasteiger partial charge on any atom is -0.406 e. The van der Waals surface area contributed by atoms with Gasteiger partial charge in [-0.2, -0.15) is 0 Å². The molecule has 2 rings (SSSR count). The average molecular weight is 346 g/mol. The minimum atomic E-state index is -4.69. The van der Waals surface area contributed by atoms with Crippen LogP contribution in [-0.2, 0) is 4.74 Å². The number of likely N-dealkylation sites (tertiary alicyclic amines) is 1. The van der Waals surface area contributed by atoms with Gasteiger partial charge in [-0.05, 0) is 43.8 Å². The Labute approximate surface area is 140 Å². The van der Waals surface area contributed by atoms with Crippen LogP contribution in [-0.4, -0.2) is 36.4 Å². The maximum Gasteiger partial charge on any atom is 0.573 e. The van der Waals surface area contributed by atoms with E-state index in [1.807, 2.05) is 0 Å². The van der Waals surface area contributed by atoms with Gasteiger partial charge in [-0.1, -0.05) is 25.8 Å². The van der Waals surface area contributed by atoms with Crippen molar-refractivity contribution in [2.45, 2.75) is 57.9 Å². The van der Waals surface area contributed by atoms with E-state index in [2.05, 4.69) is 17.0 Å². The van der Waals surface area contributed by atoms with Crippen molar-refractivity contribution in [3.05, 3.63) is 24.0 Å². The third-order valence-corrected chi connectivity index (χ3v) is 4.46. The number of alkyl halides is 3. The highest BCUT2D eigenvalue weighted by atomic mass is 19.4. The van der Waals surface area contributed by atoms with Crippen LogP contribution >= 0.6 is 0 Å². The number of carbonyl (C=O) groups excluding carboxylic acids is 1. The molecule has 0 saturated carbocycles. The zero-order valence-corrected chi connectivity index (χ0v) is 13.9. The van der Waals surface area contributed by atoms with E-state index in [4.69, 9.17) is 0 Å². The standard InChI is InChI=1S/C17H25F3N2O2/c1-2-4-13-9-11-22(12-10-13)16(23)21-14-5-3-6-15(8-7-14)24-17(18,19)20/h6-8,13-14H,2-5,9-12H2,1H3,(H,21,23). The first kappa shape index (κ1) is 18.7. The lowest BCUT2D eigenvalue weighted by molar-refractivity contribution is -0.303. The van der Waals surface area contributed by atoms with Crippen LogP contribution in [0.4, 0.5) is 18.0 Å². The van der Waals surface area contributed by atoms with Gasteiger partial charge >= 0.3 is 12.4 Å². The molecule has 0 bridgehead atoms. The summed E-state index contributed by atoms with van der Waals surface area (Å²) in [4.78, 5) is 14.1. The number of rotatable bonds is 4. The predicted octanol–water partition coefficient (Wildman–Crippen LogP) is 4.35. The fourth-order valence-corrected chi connectivity index (χ4v) is 3.19. The summed E-state index contributed by atoms with van der Waals surface area (Å²) in [5.74, 6) is 0.475. The molecule has 2 amide bonds. The fraction of sp³-hybridized carbons (Fsp3) is 0.706. The Kier molecular flexibility index (Phi) is 6.57. The van der Waals surface area contributed by atoms with Gasteiger partial charge in [-0.15, -0.1) is 13.2 Å². The zero-order chi connectivity index (χ0) is 17.6. The molecule has 0 aromatic heterocycles. The number of carbonyl (C=O) groups is 1. The van der Waals surface area contributed by atoms with E-state index in [1.54, 1.807) is 11.0 Å². The van der Waals surface area contributed by atoms with Crippen molar-refractivity contribution in [3.63, 3.8) is 0 Å². The van der Waals surface area contributed by atoms with Crippen LogP contribution in [0.25, 0.3) is 0 Å². The van der Waals surface area contributed by atoms with E-state index >= 15 is 0 Å². The lowest BCUT2D eigenvalue weighted by Gasteiger charge is -2.32. The summed E-state index contributed by atoms with van der Waals surface area (Å²) >= 11 is 0. The van der Waals surface area contributed by atoms with Gasteiger partial charge in [-0.3, -0.25) is 0 Å². The Balaban J connectivity index is 1.80. The zero-order valence-electron chi connectivity index (χ0n) is 13.9. The van der Waals surface area contributed by atoms with Gasteiger partial charge in [0.1, 0.15) is 5.76 Å². The molecule has 0 spiro atoms. The number of halogens is 3. The molecule has 1 N–H and O–H groups in total. The molecule has 1 heterocycles. The first-order valence-corrected chi connectivity index (χ1v) is 8.57. The Morgan fingerprint density at radius 2 is 2.04 bits per heavy atom. The first-order chi connectivity index (χ1) is 11.4. The molecule has 7 heteroatoms. The molecule has 136 valence electrons. The van der Waals surface area contributed by atoms with Crippen molar-refractivity contribution in [2.24, 2.45) is 5.92 Å². The lowest BCUT2D eigenvalue weighted by Crippen LogP contribution is -2.47. The number of ether oxygens (including phenoxy) is 1. The molecular formula is C17H25F3N2O2. The number of piperidine rings is 1. The molecule has 1 atom stereocenters. The van der Waals surface area contributed by atoms with E-state index in [0.717, 1.165) is 25.9 Å². The normalized spacial score (nSPS) is 22.8. The number of hydrogen-bond donors (Lipinski definition) is 1. The maximum atomic E-state index is 12.3. The van der Waals surface area contributed by atoms with Crippen LogP contribution in [0.5, 0.6) is 0 Å². The van der Waals surface area contributed by atoms with Gasteiger partial charge in [0.25, 0.3) is 0 Å². The van der Waals surface area contributed by atoms with Gasteiger partial charge in [0.05, 0.1) is 0 Å². The largest absolute Gasteiger partial charge is 0.573 e. The average Bonchev–Trinajstić information content (AvgIpc) is 2.72. The number of amides is 2. The molecular weight excluding hydrogens is 321 g/mol. The molecule has 1 aliphatic heterocycles. The predicted molar refractivity (Wildman–Crippen MR) is 85.1 cm³/mol. The smallest absolute Gasteiger partial charge is 0.406 e. The van der Waals surface area contributed by atoms with Gasteiger partial charge in [-0.25, -0.2) is 4.79 Å². The number of allylic oxidation sites excluding steroid dienone is 2. The van der Waals surface area contributed by atoms with Crippen molar-refractivity contribution < 1.29 is 22.7 Å². The maximum absolute atomic E-state index is 12.3. The summed E-state index contributed by atoms with van der Waals surface area (Å²) in [5, 5.41) is 2.89. The van der Waals surface area contributed by atoms with Crippen molar-refractivity contribution in [3.8, 4) is 0 Å². The van der Waals surface area contributed by atoms with E-state index in [9.17, 15) is 18.0 Å². The van der Waals surface area contributed by atoms with E-state index in [0.29, 0.717) is 18.8 Å².